The van der Waals surface area contributed by atoms with E-state index in [1.807, 2.05) is 36.4 Å². The number of amides is 2. The van der Waals surface area contributed by atoms with Crippen molar-refractivity contribution in [2.75, 3.05) is 13.7 Å². The van der Waals surface area contributed by atoms with Crippen LogP contribution in [0.15, 0.2) is 77.7 Å². The molecule has 4 rings (SSSR count). The summed E-state index contributed by atoms with van der Waals surface area (Å²) in [6.45, 7) is 0.0972. The van der Waals surface area contributed by atoms with Gasteiger partial charge in [0.25, 0.3) is 11.1 Å². The van der Waals surface area contributed by atoms with Crippen LogP contribution in [0.2, 0.25) is 0 Å². The smallest absolute Gasteiger partial charge is 0.293 e. The average molecular weight is 585 g/mol. The first-order chi connectivity index (χ1) is 16.5. The largest absolute Gasteiger partial charge is 0.493 e. The van der Waals surface area contributed by atoms with Crippen molar-refractivity contribution >= 4 is 57.4 Å². The molecule has 0 N–H and O–H groups in total. The molecule has 3 aromatic carbocycles. The molecular formula is C26H20INO5S. The number of Topliss-reactive ketones (excluding diaryl/α,β-unsaturated/α-hetero) is 1. The highest BCUT2D eigenvalue weighted by Crippen LogP contribution is 2.37. The molecule has 1 heterocycles. The predicted octanol–water partition coefficient (Wildman–Crippen LogP) is 5.80. The molecule has 0 bridgehead atoms. The van der Waals surface area contributed by atoms with Crippen LogP contribution in [0.1, 0.15) is 21.5 Å². The van der Waals surface area contributed by atoms with Crippen molar-refractivity contribution in [1.29, 1.82) is 0 Å². The molecule has 0 aliphatic carbocycles. The minimum atomic E-state index is -0.488. The summed E-state index contributed by atoms with van der Waals surface area (Å²) in [7, 11) is 1.55. The third-order valence-corrected chi connectivity index (χ3v) is 6.76. The number of benzene rings is 3. The standard InChI is InChI=1S/C26H20INO5S/c1-32-22-13-18(12-20(27)24(22)33-16-17-8-4-2-5-9-17)14-23-25(30)28(26(31)34-23)15-21(29)19-10-6-3-7-11-19/h2-14H,15-16H2,1H3/b23-14+. The number of halogens is 1. The number of carbonyl (C=O) groups excluding carboxylic acids is 3. The van der Waals surface area contributed by atoms with Gasteiger partial charge in [0.1, 0.15) is 6.61 Å². The summed E-state index contributed by atoms with van der Waals surface area (Å²) in [4.78, 5) is 39.0. The van der Waals surface area contributed by atoms with Crippen LogP contribution in [0.5, 0.6) is 11.5 Å². The molecule has 6 nitrogen and oxygen atoms in total. The molecular weight excluding hydrogens is 565 g/mol. The summed E-state index contributed by atoms with van der Waals surface area (Å²) in [6, 6.07) is 22.0. The number of imide groups is 1. The lowest BCUT2D eigenvalue weighted by Crippen LogP contribution is -2.33. The molecule has 3 aromatic rings. The van der Waals surface area contributed by atoms with Crippen LogP contribution in [-0.4, -0.2) is 35.5 Å². The SMILES string of the molecule is COc1cc(/C=C2/SC(=O)N(CC(=O)c3ccccc3)C2=O)cc(I)c1OCc1ccccc1. The summed E-state index contributed by atoms with van der Waals surface area (Å²) < 4.78 is 12.3. The molecule has 1 fully saturated rings. The van der Waals surface area contributed by atoms with Crippen molar-refractivity contribution in [2.24, 2.45) is 0 Å². The van der Waals surface area contributed by atoms with E-state index in [4.69, 9.17) is 9.47 Å². The first kappa shape index (κ1) is 24.0. The second kappa shape index (κ2) is 10.9. The van der Waals surface area contributed by atoms with E-state index in [9.17, 15) is 14.4 Å². The van der Waals surface area contributed by atoms with Gasteiger partial charge >= 0.3 is 0 Å². The minimum absolute atomic E-state index is 0.252. The zero-order chi connectivity index (χ0) is 24.1. The number of thioether (sulfide) groups is 1. The molecule has 1 saturated heterocycles. The third kappa shape index (κ3) is 5.51. The highest BCUT2D eigenvalue weighted by Gasteiger charge is 2.36. The molecule has 2 amide bonds. The van der Waals surface area contributed by atoms with Crippen molar-refractivity contribution in [2.45, 2.75) is 6.61 Å². The van der Waals surface area contributed by atoms with Crippen molar-refractivity contribution in [3.63, 3.8) is 0 Å². The van der Waals surface area contributed by atoms with Crippen LogP contribution in [0, 0.1) is 3.57 Å². The Hall–Kier alpha value is -3.11. The lowest BCUT2D eigenvalue weighted by atomic mass is 10.1. The average Bonchev–Trinajstić information content (AvgIpc) is 3.11. The van der Waals surface area contributed by atoms with Crippen molar-refractivity contribution in [3.8, 4) is 11.5 Å². The van der Waals surface area contributed by atoms with Gasteiger partial charge in [0.2, 0.25) is 0 Å². The number of rotatable bonds is 8. The molecule has 0 atom stereocenters. The van der Waals surface area contributed by atoms with Gasteiger partial charge in [0.05, 0.1) is 22.1 Å². The van der Waals surface area contributed by atoms with Gasteiger partial charge in [-0.05, 0) is 63.7 Å². The zero-order valence-corrected chi connectivity index (χ0v) is 21.2. The fraction of sp³-hybridized carbons (Fsp3) is 0.115. The Bertz CT molecular complexity index is 1260. The minimum Gasteiger partial charge on any atom is -0.493 e. The number of hydrogen-bond acceptors (Lipinski definition) is 6. The van der Waals surface area contributed by atoms with Crippen LogP contribution in [0.3, 0.4) is 0 Å². The van der Waals surface area contributed by atoms with Gasteiger partial charge < -0.3 is 9.47 Å². The molecule has 8 heteroatoms. The predicted molar refractivity (Wildman–Crippen MR) is 140 cm³/mol. The Morgan fingerprint density at radius 3 is 2.38 bits per heavy atom. The number of carbonyl (C=O) groups is 3. The van der Waals surface area contributed by atoms with Crippen LogP contribution >= 0.6 is 34.4 Å². The number of ketones is 1. The summed E-state index contributed by atoms with van der Waals surface area (Å²) in [5, 5.41) is -0.468. The Kier molecular flexibility index (Phi) is 7.69. The lowest BCUT2D eigenvalue weighted by molar-refractivity contribution is -0.122. The molecule has 1 aliphatic heterocycles. The highest BCUT2D eigenvalue weighted by molar-refractivity contribution is 14.1. The lowest BCUT2D eigenvalue weighted by Gasteiger charge is -2.14. The number of methoxy groups -OCH3 is 1. The Balaban J connectivity index is 1.51. The van der Waals surface area contributed by atoms with E-state index < -0.39 is 11.1 Å². The van der Waals surface area contributed by atoms with E-state index in [0.717, 1.165) is 25.8 Å². The Morgan fingerprint density at radius 1 is 1.03 bits per heavy atom. The van der Waals surface area contributed by atoms with Crippen molar-refractivity contribution in [3.05, 3.63) is 98.0 Å². The molecule has 0 radical (unpaired) electrons. The van der Waals surface area contributed by atoms with Crippen LogP contribution in [0.25, 0.3) is 6.08 Å². The van der Waals surface area contributed by atoms with Crippen LogP contribution in [-0.2, 0) is 11.4 Å². The quantitative estimate of drug-likeness (QED) is 0.189. The number of hydrogen-bond donors (Lipinski definition) is 0. The van der Waals surface area contributed by atoms with Gasteiger partial charge in [-0.15, -0.1) is 0 Å². The second-order valence-corrected chi connectivity index (χ2v) is 9.52. The maximum absolute atomic E-state index is 12.9. The highest BCUT2D eigenvalue weighted by atomic mass is 127. The third-order valence-electron chi connectivity index (χ3n) is 5.05. The zero-order valence-electron chi connectivity index (χ0n) is 18.2. The fourth-order valence-electron chi connectivity index (χ4n) is 3.34. The van der Waals surface area contributed by atoms with Gasteiger partial charge in [-0.2, -0.15) is 0 Å². The van der Waals surface area contributed by atoms with E-state index in [2.05, 4.69) is 22.6 Å². The van der Waals surface area contributed by atoms with E-state index >= 15 is 0 Å². The van der Waals surface area contributed by atoms with E-state index in [0.29, 0.717) is 29.2 Å². The molecule has 1 aliphatic rings. The molecule has 0 unspecified atom stereocenters. The van der Waals surface area contributed by atoms with Crippen molar-refractivity contribution in [1.82, 2.24) is 4.90 Å². The molecule has 0 spiro atoms. The van der Waals surface area contributed by atoms with Gasteiger partial charge in [0.15, 0.2) is 17.3 Å². The monoisotopic (exact) mass is 585 g/mol. The van der Waals surface area contributed by atoms with E-state index in [1.165, 1.54) is 0 Å². The van der Waals surface area contributed by atoms with Gasteiger partial charge in [-0.3, -0.25) is 19.3 Å². The summed E-state index contributed by atoms with van der Waals surface area (Å²) in [5.41, 5.74) is 2.17. The van der Waals surface area contributed by atoms with Gasteiger partial charge in [-0.1, -0.05) is 60.7 Å². The summed E-state index contributed by atoms with van der Waals surface area (Å²) >= 11 is 2.97. The Labute approximate surface area is 215 Å². The first-order valence-electron chi connectivity index (χ1n) is 10.3. The normalized spacial score (nSPS) is 14.5. The summed E-state index contributed by atoms with van der Waals surface area (Å²) in [6.07, 6.45) is 1.63. The van der Waals surface area contributed by atoms with Gasteiger partial charge in [-0.25, -0.2) is 0 Å². The number of ether oxygens (including phenoxy) is 2. The topological polar surface area (TPSA) is 72.9 Å². The number of nitrogens with zero attached hydrogens (tertiary/aromatic N) is 1. The van der Waals surface area contributed by atoms with Crippen LogP contribution in [0.4, 0.5) is 4.79 Å². The van der Waals surface area contributed by atoms with Crippen molar-refractivity contribution < 1.29 is 23.9 Å². The van der Waals surface area contributed by atoms with E-state index in [-0.39, 0.29) is 17.2 Å². The maximum Gasteiger partial charge on any atom is 0.293 e. The van der Waals surface area contributed by atoms with E-state index in [1.54, 1.807) is 49.6 Å². The second-order valence-electron chi connectivity index (χ2n) is 7.37. The summed E-state index contributed by atoms with van der Waals surface area (Å²) in [5.74, 6) is 0.344. The Morgan fingerprint density at radius 2 is 1.71 bits per heavy atom. The van der Waals surface area contributed by atoms with Gasteiger partial charge in [0, 0.05) is 5.56 Å². The maximum atomic E-state index is 12.9. The van der Waals surface area contributed by atoms with Crippen LogP contribution < -0.4 is 9.47 Å². The molecule has 0 saturated carbocycles. The molecule has 34 heavy (non-hydrogen) atoms. The molecule has 172 valence electrons. The fourth-order valence-corrected chi connectivity index (χ4v) is 4.96. The molecule has 0 aromatic heterocycles. The first-order valence-corrected chi connectivity index (χ1v) is 12.2.